The first-order valence-corrected chi connectivity index (χ1v) is 10.4. The van der Waals surface area contributed by atoms with Crippen molar-refractivity contribution in [3.63, 3.8) is 0 Å². The van der Waals surface area contributed by atoms with Crippen LogP contribution in [0.3, 0.4) is 0 Å². The zero-order chi connectivity index (χ0) is 18.3. The van der Waals surface area contributed by atoms with Gasteiger partial charge in [-0.25, -0.2) is 12.7 Å². The third-order valence-electron chi connectivity index (χ3n) is 4.79. The van der Waals surface area contributed by atoms with Crippen LogP contribution in [0.2, 0.25) is 0 Å². The topological polar surface area (TPSA) is 61.9 Å². The Morgan fingerprint density at radius 2 is 1.84 bits per heavy atom. The van der Waals surface area contributed by atoms with Crippen LogP contribution < -0.4 is 10.1 Å². The number of rotatable bonds is 9. The number of likely N-dealkylation sites (tertiary alicyclic amines) is 1. The van der Waals surface area contributed by atoms with Crippen molar-refractivity contribution in [2.45, 2.75) is 24.2 Å². The van der Waals surface area contributed by atoms with E-state index in [2.05, 4.69) is 10.2 Å². The van der Waals surface area contributed by atoms with Crippen LogP contribution in [0.1, 0.15) is 19.3 Å². The van der Waals surface area contributed by atoms with Crippen LogP contribution in [0, 0.1) is 5.92 Å². The first-order chi connectivity index (χ1) is 11.9. The molecule has 0 aliphatic carbocycles. The molecular weight excluding hydrogens is 338 g/mol. The summed E-state index contributed by atoms with van der Waals surface area (Å²) in [6.07, 6.45) is 3.79. The average Bonchev–Trinajstić information content (AvgIpc) is 2.61. The predicted molar refractivity (Wildman–Crippen MR) is 101 cm³/mol. The molecule has 6 nitrogen and oxygen atoms in total. The van der Waals surface area contributed by atoms with Gasteiger partial charge in [-0.3, -0.25) is 4.90 Å². The fourth-order valence-corrected chi connectivity index (χ4v) is 3.96. The van der Waals surface area contributed by atoms with Gasteiger partial charge in [0.05, 0.1) is 4.90 Å². The van der Waals surface area contributed by atoms with E-state index in [4.69, 9.17) is 4.74 Å². The van der Waals surface area contributed by atoms with Gasteiger partial charge >= 0.3 is 0 Å². The summed E-state index contributed by atoms with van der Waals surface area (Å²) in [5, 5.41) is 3.22. The molecule has 142 valence electrons. The molecule has 25 heavy (non-hydrogen) atoms. The van der Waals surface area contributed by atoms with Crippen molar-refractivity contribution in [3.8, 4) is 5.75 Å². The van der Waals surface area contributed by atoms with Gasteiger partial charge in [-0.2, -0.15) is 0 Å². The van der Waals surface area contributed by atoms with Gasteiger partial charge in [-0.05, 0) is 76.1 Å². The highest BCUT2D eigenvalue weighted by Gasteiger charge is 2.19. The monoisotopic (exact) mass is 369 g/mol. The lowest BCUT2D eigenvalue weighted by Gasteiger charge is -2.31. The molecular formula is C18H31N3O3S. The first kappa shape index (κ1) is 20.2. The van der Waals surface area contributed by atoms with E-state index in [1.54, 1.807) is 24.3 Å². The van der Waals surface area contributed by atoms with Crippen LogP contribution in [0.4, 0.5) is 0 Å². The Labute approximate surface area is 152 Å². The lowest BCUT2D eigenvalue weighted by Crippen LogP contribution is -2.37. The normalized spacial score (nSPS) is 17.1. The molecule has 0 unspecified atom stereocenters. The Morgan fingerprint density at radius 1 is 1.20 bits per heavy atom. The molecule has 0 bridgehead atoms. The third-order valence-corrected chi connectivity index (χ3v) is 6.62. The quantitative estimate of drug-likeness (QED) is 0.717. The Kier molecular flexibility index (Phi) is 7.68. The molecule has 1 aliphatic heterocycles. The maximum atomic E-state index is 12.0. The van der Waals surface area contributed by atoms with Crippen molar-refractivity contribution >= 4 is 10.0 Å². The van der Waals surface area contributed by atoms with Gasteiger partial charge in [-0.15, -0.1) is 0 Å². The van der Waals surface area contributed by atoms with E-state index < -0.39 is 10.0 Å². The molecule has 1 N–H and O–H groups in total. The van der Waals surface area contributed by atoms with E-state index in [1.807, 2.05) is 7.05 Å². The Hall–Kier alpha value is -1.15. The fraction of sp³-hybridized carbons (Fsp3) is 0.667. The Bertz CT molecular complexity index is 609. The second-order valence-corrected chi connectivity index (χ2v) is 8.94. The minimum Gasteiger partial charge on any atom is -0.492 e. The van der Waals surface area contributed by atoms with Crippen molar-refractivity contribution in [2.24, 2.45) is 5.92 Å². The molecule has 1 saturated heterocycles. The van der Waals surface area contributed by atoms with E-state index >= 15 is 0 Å². The van der Waals surface area contributed by atoms with Crippen molar-refractivity contribution in [1.29, 1.82) is 0 Å². The summed E-state index contributed by atoms with van der Waals surface area (Å²) in [7, 11) is 1.69. The summed E-state index contributed by atoms with van der Waals surface area (Å²) in [5.41, 5.74) is 0. The zero-order valence-electron chi connectivity index (χ0n) is 15.6. The highest BCUT2D eigenvalue weighted by atomic mass is 32.2. The van der Waals surface area contributed by atoms with E-state index in [-0.39, 0.29) is 4.90 Å². The Morgan fingerprint density at radius 3 is 2.40 bits per heavy atom. The molecule has 2 rings (SSSR count). The molecule has 0 spiro atoms. The minimum atomic E-state index is -3.38. The Balaban J connectivity index is 1.72. The van der Waals surface area contributed by atoms with Gasteiger partial charge in [0, 0.05) is 20.6 Å². The molecule has 1 fully saturated rings. The second kappa shape index (κ2) is 9.52. The molecule has 0 saturated carbocycles. The van der Waals surface area contributed by atoms with Crippen LogP contribution in [0.25, 0.3) is 0 Å². The summed E-state index contributed by atoms with van der Waals surface area (Å²) in [5.74, 6) is 1.55. The molecule has 0 atom stereocenters. The van der Waals surface area contributed by atoms with Gasteiger partial charge < -0.3 is 10.1 Å². The molecule has 0 radical (unpaired) electrons. The number of benzene rings is 1. The summed E-state index contributed by atoms with van der Waals surface area (Å²) in [6, 6.07) is 6.64. The van der Waals surface area contributed by atoms with E-state index in [9.17, 15) is 8.42 Å². The first-order valence-electron chi connectivity index (χ1n) is 8.96. The highest BCUT2D eigenvalue weighted by Crippen LogP contribution is 2.20. The number of nitrogens with zero attached hydrogens (tertiary/aromatic N) is 2. The van der Waals surface area contributed by atoms with Crippen LogP contribution >= 0.6 is 0 Å². The van der Waals surface area contributed by atoms with Gasteiger partial charge in [0.25, 0.3) is 0 Å². The third kappa shape index (κ3) is 5.95. The molecule has 7 heteroatoms. The maximum Gasteiger partial charge on any atom is 0.242 e. The number of ether oxygens (including phenoxy) is 1. The largest absolute Gasteiger partial charge is 0.492 e. The molecule has 1 aromatic carbocycles. The second-order valence-electron chi connectivity index (χ2n) is 6.78. The van der Waals surface area contributed by atoms with Gasteiger partial charge in [0.1, 0.15) is 12.4 Å². The van der Waals surface area contributed by atoms with Crippen molar-refractivity contribution < 1.29 is 13.2 Å². The number of piperidine rings is 1. The fourth-order valence-electron chi connectivity index (χ4n) is 3.06. The maximum absolute atomic E-state index is 12.0. The summed E-state index contributed by atoms with van der Waals surface area (Å²) < 4.78 is 31.0. The predicted octanol–water partition coefficient (Wildman–Crippen LogP) is 1.64. The van der Waals surface area contributed by atoms with Crippen LogP contribution in [-0.4, -0.2) is 71.6 Å². The van der Waals surface area contributed by atoms with Crippen LogP contribution in [0.15, 0.2) is 29.2 Å². The standard InChI is InChI=1S/C18H31N3O3S/c1-19-11-8-16-9-12-21(13-10-16)14-15-24-17-4-6-18(7-5-17)25(22,23)20(2)3/h4-7,16,19H,8-15H2,1-3H3. The number of hydrogen-bond donors (Lipinski definition) is 1. The van der Waals surface area contributed by atoms with Crippen molar-refractivity contribution in [3.05, 3.63) is 24.3 Å². The minimum absolute atomic E-state index is 0.286. The van der Waals surface area contributed by atoms with Gasteiger partial charge in [0.15, 0.2) is 0 Å². The van der Waals surface area contributed by atoms with E-state index in [0.29, 0.717) is 12.4 Å². The highest BCUT2D eigenvalue weighted by molar-refractivity contribution is 7.89. The van der Waals surface area contributed by atoms with Gasteiger partial charge in [-0.1, -0.05) is 0 Å². The number of sulfonamides is 1. The molecule has 0 amide bonds. The lowest BCUT2D eigenvalue weighted by molar-refractivity contribution is 0.151. The lowest BCUT2D eigenvalue weighted by atomic mass is 9.93. The van der Waals surface area contributed by atoms with Crippen molar-refractivity contribution in [2.75, 3.05) is 53.9 Å². The summed E-state index contributed by atoms with van der Waals surface area (Å²) in [4.78, 5) is 2.73. The average molecular weight is 370 g/mol. The molecule has 1 aromatic rings. The van der Waals surface area contributed by atoms with Crippen molar-refractivity contribution in [1.82, 2.24) is 14.5 Å². The molecule has 0 aromatic heterocycles. The van der Waals surface area contributed by atoms with Gasteiger partial charge in [0.2, 0.25) is 10.0 Å². The zero-order valence-corrected chi connectivity index (χ0v) is 16.4. The number of hydrogen-bond acceptors (Lipinski definition) is 5. The number of nitrogens with one attached hydrogen (secondary N) is 1. The molecule has 1 aliphatic rings. The van der Waals surface area contributed by atoms with Crippen LogP contribution in [0.5, 0.6) is 5.75 Å². The molecule has 1 heterocycles. The van der Waals surface area contributed by atoms with E-state index in [0.717, 1.165) is 32.1 Å². The van der Waals surface area contributed by atoms with Crippen LogP contribution in [-0.2, 0) is 10.0 Å². The smallest absolute Gasteiger partial charge is 0.242 e. The summed E-state index contributed by atoms with van der Waals surface area (Å²) in [6.45, 7) is 4.92. The SMILES string of the molecule is CNCCC1CCN(CCOc2ccc(S(=O)(=O)N(C)C)cc2)CC1. The van der Waals surface area contributed by atoms with E-state index in [1.165, 1.54) is 37.7 Å². The summed E-state index contributed by atoms with van der Waals surface area (Å²) >= 11 is 0.